The molecular formula is C15H24ClNO2. The number of rotatable bonds is 9. The van der Waals surface area contributed by atoms with Crippen LogP contribution in [-0.2, 0) is 0 Å². The molecule has 1 aromatic carbocycles. The highest BCUT2D eigenvalue weighted by atomic mass is 35.5. The Labute approximate surface area is 120 Å². The van der Waals surface area contributed by atoms with Gasteiger partial charge in [-0.25, -0.2) is 0 Å². The van der Waals surface area contributed by atoms with E-state index in [-0.39, 0.29) is 6.61 Å². The standard InChI is InChI=1S/C15H24ClNO2/c1-3-12(4-2)9-17-10-14(18)11-19-15-7-5-6-13(16)8-15/h5-8,12,14,17-18H,3-4,9-11H2,1-2H3. The summed E-state index contributed by atoms with van der Waals surface area (Å²) in [6, 6.07) is 7.19. The first-order valence-electron chi connectivity index (χ1n) is 6.92. The van der Waals surface area contributed by atoms with Crippen molar-refractivity contribution in [1.29, 1.82) is 0 Å². The van der Waals surface area contributed by atoms with Gasteiger partial charge in [0.05, 0.1) is 0 Å². The van der Waals surface area contributed by atoms with Crippen LogP contribution in [0.1, 0.15) is 26.7 Å². The molecule has 1 aromatic rings. The lowest BCUT2D eigenvalue weighted by Gasteiger charge is -2.16. The number of hydrogen-bond donors (Lipinski definition) is 2. The third kappa shape index (κ3) is 6.81. The summed E-state index contributed by atoms with van der Waals surface area (Å²) in [6.45, 7) is 6.15. The number of benzene rings is 1. The minimum absolute atomic E-state index is 0.274. The maximum Gasteiger partial charge on any atom is 0.120 e. The molecule has 0 saturated carbocycles. The molecule has 0 aliphatic rings. The number of nitrogens with one attached hydrogen (secondary N) is 1. The van der Waals surface area contributed by atoms with Gasteiger partial charge in [-0.05, 0) is 30.7 Å². The topological polar surface area (TPSA) is 41.5 Å². The Bertz CT molecular complexity index is 356. The fourth-order valence-corrected chi connectivity index (χ4v) is 2.02. The first-order valence-corrected chi connectivity index (χ1v) is 7.30. The number of aliphatic hydroxyl groups excluding tert-OH is 1. The van der Waals surface area contributed by atoms with Crippen molar-refractivity contribution in [3.8, 4) is 5.75 Å². The van der Waals surface area contributed by atoms with Crippen molar-refractivity contribution in [3.63, 3.8) is 0 Å². The first-order chi connectivity index (χ1) is 9.15. The molecule has 108 valence electrons. The van der Waals surface area contributed by atoms with E-state index in [2.05, 4.69) is 19.2 Å². The van der Waals surface area contributed by atoms with E-state index in [1.807, 2.05) is 12.1 Å². The average Bonchev–Trinajstić information content (AvgIpc) is 2.41. The normalized spacial score (nSPS) is 12.7. The molecule has 1 rings (SSSR count). The van der Waals surface area contributed by atoms with Crippen molar-refractivity contribution >= 4 is 11.6 Å². The zero-order chi connectivity index (χ0) is 14.1. The van der Waals surface area contributed by atoms with Gasteiger partial charge >= 0.3 is 0 Å². The summed E-state index contributed by atoms with van der Waals surface area (Å²) in [5.41, 5.74) is 0. The van der Waals surface area contributed by atoms with E-state index in [4.69, 9.17) is 16.3 Å². The smallest absolute Gasteiger partial charge is 0.120 e. The van der Waals surface area contributed by atoms with Crippen LogP contribution in [0.25, 0.3) is 0 Å². The Balaban J connectivity index is 2.19. The van der Waals surface area contributed by atoms with Gasteiger partial charge < -0.3 is 15.2 Å². The second-order valence-electron chi connectivity index (χ2n) is 4.76. The molecule has 1 atom stereocenters. The summed E-state index contributed by atoms with van der Waals surface area (Å²) in [6.07, 6.45) is 1.82. The predicted molar refractivity (Wildman–Crippen MR) is 79.9 cm³/mol. The first kappa shape index (κ1) is 16.3. The van der Waals surface area contributed by atoms with Gasteiger partial charge in [-0.15, -0.1) is 0 Å². The highest BCUT2D eigenvalue weighted by Gasteiger charge is 2.07. The van der Waals surface area contributed by atoms with Crippen molar-refractivity contribution in [2.75, 3.05) is 19.7 Å². The molecule has 0 bridgehead atoms. The van der Waals surface area contributed by atoms with Crippen LogP contribution in [0.5, 0.6) is 5.75 Å². The third-order valence-electron chi connectivity index (χ3n) is 3.21. The van der Waals surface area contributed by atoms with E-state index in [0.29, 0.717) is 23.2 Å². The summed E-state index contributed by atoms with van der Waals surface area (Å²) in [4.78, 5) is 0. The lowest BCUT2D eigenvalue weighted by molar-refractivity contribution is 0.105. The molecule has 0 aliphatic heterocycles. The molecule has 0 spiro atoms. The van der Waals surface area contributed by atoms with E-state index in [0.717, 1.165) is 6.54 Å². The van der Waals surface area contributed by atoms with E-state index < -0.39 is 6.10 Å². The minimum Gasteiger partial charge on any atom is -0.491 e. The zero-order valence-corrected chi connectivity index (χ0v) is 12.5. The van der Waals surface area contributed by atoms with Gasteiger partial charge in [-0.2, -0.15) is 0 Å². The zero-order valence-electron chi connectivity index (χ0n) is 11.7. The van der Waals surface area contributed by atoms with Gasteiger partial charge in [0.1, 0.15) is 18.5 Å². The van der Waals surface area contributed by atoms with Crippen molar-refractivity contribution in [1.82, 2.24) is 5.32 Å². The van der Waals surface area contributed by atoms with E-state index in [1.54, 1.807) is 12.1 Å². The molecule has 19 heavy (non-hydrogen) atoms. The largest absolute Gasteiger partial charge is 0.491 e. The molecule has 1 unspecified atom stereocenters. The van der Waals surface area contributed by atoms with Crippen LogP contribution in [0.2, 0.25) is 5.02 Å². The molecule has 0 saturated heterocycles. The molecule has 2 N–H and O–H groups in total. The highest BCUT2D eigenvalue weighted by Crippen LogP contribution is 2.17. The Morgan fingerprint density at radius 3 is 2.63 bits per heavy atom. The van der Waals surface area contributed by atoms with Gasteiger partial charge in [-0.3, -0.25) is 0 Å². The van der Waals surface area contributed by atoms with E-state index in [1.165, 1.54) is 12.8 Å². The van der Waals surface area contributed by atoms with Crippen molar-refractivity contribution < 1.29 is 9.84 Å². The van der Waals surface area contributed by atoms with Crippen LogP contribution >= 0.6 is 11.6 Å². The third-order valence-corrected chi connectivity index (χ3v) is 3.44. The van der Waals surface area contributed by atoms with Crippen LogP contribution < -0.4 is 10.1 Å². The lowest BCUT2D eigenvalue weighted by atomic mass is 10.0. The quantitative estimate of drug-likeness (QED) is 0.732. The fraction of sp³-hybridized carbons (Fsp3) is 0.600. The van der Waals surface area contributed by atoms with E-state index >= 15 is 0 Å². The molecule has 0 aromatic heterocycles. The SMILES string of the molecule is CCC(CC)CNCC(O)COc1cccc(Cl)c1. The second-order valence-corrected chi connectivity index (χ2v) is 5.20. The monoisotopic (exact) mass is 285 g/mol. The van der Waals surface area contributed by atoms with Gasteiger partial charge in [0.2, 0.25) is 0 Å². The van der Waals surface area contributed by atoms with Gasteiger partial charge in [0.25, 0.3) is 0 Å². The lowest BCUT2D eigenvalue weighted by Crippen LogP contribution is -2.34. The maximum absolute atomic E-state index is 9.82. The predicted octanol–water partition coefficient (Wildman–Crippen LogP) is 3.11. The number of aliphatic hydroxyl groups is 1. The van der Waals surface area contributed by atoms with Crippen LogP contribution in [0.4, 0.5) is 0 Å². The summed E-state index contributed by atoms with van der Waals surface area (Å²) in [5.74, 6) is 1.37. The van der Waals surface area contributed by atoms with Crippen molar-refractivity contribution in [2.24, 2.45) is 5.92 Å². The summed E-state index contributed by atoms with van der Waals surface area (Å²) < 4.78 is 5.48. The molecule has 0 fully saturated rings. The number of hydrogen-bond acceptors (Lipinski definition) is 3. The molecule has 0 radical (unpaired) electrons. The second kappa shape index (κ2) is 9.18. The minimum atomic E-state index is -0.506. The van der Waals surface area contributed by atoms with E-state index in [9.17, 15) is 5.11 Å². The molecule has 3 nitrogen and oxygen atoms in total. The molecule has 0 heterocycles. The van der Waals surface area contributed by atoms with Crippen molar-refractivity contribution in [2.45, 2.75) is 32.8 Å². The summed E-state index contributed by atoms with van der Waals surface area (Å²) >= 11 is 5.86. The van der Waals surface area contributed by atoms with Crippen LogP contribution in [0.3, 0.4) is 0 Å². The van der Waals surface area contributed by atoms with Crippen LogP contribution in [0, 0.1) is 5.92 Å². The Morgan fingerprint density at radius 1 is 1.26 bits per heavy atom. The van der Waals surface area contributed by atoms with Crippen LogP contribution in [0.15, 0.2) is 24.3 Å². The number of ether oxygens (including phenoxy) is 1. The van der Waals surface area contributed by atoms with Gasteiger partial charge in [0, 0.05) is 11.6 Å². The van der Waals surface area contributed by atoms with Gasteiger partial charge in [0.15, 0.2) is 0 Å². The molecule has 4 heteroatoms. The summed E-state index contributed by atoms with van der Waals surface area (Å²) in [5, 5.41) is 13.7. The average molecular weight is 286 g/mol. The maximum atomic E-state index is 9.82. The Morgan fingerprint density at radius 2 is 2.00 bits per heavy atom. The Hall–Kier alpha value is -0.770. The summed E-state index contributed by atoms with van der Waals surface area (Å²) in [7, 11) is 0. The fourth-order valence-electron chi connectivity index (χ4n) is 1.84. The van der Waals surface area contributed by atoms with Crippen LogP contribution in [-0.4, -0.2) is 30.9 Å². The molecule has 0 aliphatic carbocycles. The molecule has 0 amide bonds. The van der Waals surface area contributed by atoms with Crippen molar-refractivity contribution in [3.05, 3.63) is 29.3 Å². The number of halogens is 1. The highest BCUT2D eigenvalue weighted by molar-refractivity contribution is 6.30. The Kier molecular flexibility index (Phi) is 7.87. The molecular weight excluding hydrogens is 262 g/mol. The van der Waals surface area contributed by atoms with Gasteiger partial charge in [-0.1, -0.05) is 44.4 Å².